The summed E-state index contributed by atoms with van der Waals surface area (Å²) in [4.78, 5) is 8.92. The molecule has 1 saturated heterocycles. The molecule has 0 spiro atoms. The van der Waals surface area contributed by atoms with Gasteiger partial charge in [0.25, 0.3) is 0 Å². The van der Waals surface area contributed by atoms with E-state index in [2.05, 4.69) is 28.9 Å². The van der Waals surface area contributed by atoms with Crippen LogP contribution < -0.4 is 10.5 Å². The zero-order valence-corrected chi connectivity index (χ0v) is 12.9. The minimum atomic E-state index is -0.0500. The number of nitrogens with two attached hydrogens (primary N) is 1. The highest BCUT2D eigenvalue weighted by Crippen LogP contribution is 2.23. The molecule has 5 heteroatoms. The van der Waals surface area contributed by atoms with E-state index in [4.69, 9.17) is 10.5 Å². The summed E-state index contributed by atoms with van der Waals surface area (Å²) < 4.78 is 5.70. The molecule has 2 unspecified atom stereocenters. The number of hydrogen-bond acceptors (Lipinski definition) is 5. The molecule has 1 fully saturated rings. The van der Waals surface area contributed by atoms with Crippen LogP contribution in [-0.2, 0) is 0 Å². The summed E-state index contributed by atoms with van der Waals surface area (Å²) in [7, 11) is 4.28. The van der Waals surface area contributed by atoms with Crippen LogP contribution in [0.2, 0.25) is 0 Å². The Labute approximate surface area is 121 Å². The van der Waals surface area contributed by atoms with Crippen molar-refractivity contribution in [2.75, 3.05) is 33.7 Å². The third-order valence-electron chi connectivity index (χ3n) is 3.80. The van der Waals surface area contributed by atoms with E-state index in [1.807, 2.05) is 26.1 Å². The maximum Gasteiger partial charge on any atom is 0.138 e. The van der Waals surface area contributed by atoms with E-state index in [0.717, 1.165) is 30.9 Å². The van der Waals surface area contributed by atoms with Gasteiger partial charge >= 0.3 is 0 Å². The first-order valence-corrected chi connectivity index (χ1v) is 7.23. The molecule has 0 saturated carbocycles. The lowest BCUT2D eigenvalue weighted by molar-refractivity contribution is 0.0972. The molecule has 0 radical (unpaired) electrons. The molecule has 2 heterocycles. The van der Waals surface area contributed by atoms with E-state index in [-0.39, 0.29) is 12.1 Å². The van der Waals surface area contributed by atoms with Crippen molar-refractivity contribution in [1.82, 2.24) is 14.8 Å². The molecule has 2 atom stereocenters. The first-order chi connectivity index (χ1) is 9.47. The smallest absolute Gasteiger partial charge is 0.138 e. The third kappa shape index (κ3) is 3.69. The second kappa shape index (κ2) is 6.52. The van der Waals surface area contributed by atoms with Crippen LogP contribution in [0.3, 0.4) is 0 Å². The zero-order chi connectivity index (χ0) is 14.7. The molecular formula is C15H26N4O. The minimum Gasteiger partial charge on any atom is -0.489 e. The number of ether oxygens (including phenoxy) is 1. The SMILES string of the molecule is CC(C)Oc1cncc(C(N)C2CN(C)CCN2C)c1. The van der Waals surface area contributed by atoms with E-state index in [0.29, 0.717) is 6.04 Å². The Morgan fingerprint density at radius 1 is 1.30 bits per heavy atom. The molecule has 1 aliphatic heterocycles. The summed E-state index contributed by atoms with van der Waals surface area (Å²) in [5.74, 6) is 0.791. The van der Waals surface area contributed by atoms with E-state index in [1.165, 1.54) is 0 Å². The van der Waals surface area contributed by atoms with Crippen molar-refractivity contribution >= 4 is 0 Å². The largest absolute Gasteiger partial charge is 0.489 e. The van der Waals surface area contributed by atoms with Crippen LogP contribution in [0.5, 0.6) is 5.75 Å². The molecule has 1 aliphatic rings. The Bertz CT molecular complexity index is 438. The maximum atomic E-state index is 6.46. The molecule has 5 nitrogen and oxygen atoms in total. The number of likely N-dealkylation sites (N-methyl/N-ethyl adjacent to an activating group) is 2. The monoisotopic (exact) mass is 278 g/mol. The lowest BCUT2D eigenvalue weighted by Gasteiger charge is -2.40. The topological polar surface area (TPSA) is 54.6 Å². The summed E-state index contributed by atoms with van der Waals surface area (Å²) >= 11 is 0. The summed E-state index contributed by atoms with van der Waals surface area (Å²) in [5, 5.41) is 0. The van der Waals surface area contributed by atoms with Crippen molar-refractivity contribution in [2.24, 2.45) is 5.73 Å². The highest BCUT2D eigenvalue weighted by atomic mass is 16.5. The van der Waals surface area contributed by atoms with Gasteiger partial charge in [-0.15, -0.1) is 0 Å². The third-order valence-corrected chi connectivity index (χ3v) is 3.80. The molecule has 1 aromatic rings. The number of hydrogen-bond donors (Lipinski definition) is 1. The van der Waals surface area contributed by atoms with Crippen LogP contribution in [0.25, 0.3) is 0 Å². The van der Waals surface area contributed by atoms with Gasteiger partial charge in [-0.3, -0.25) is 9.88 Å². The fourth-order valence-corrected chi connectivity index (χ4v) is 2.61. The van der Waals surface area contributed by atoms with Gasteiger partial charge in [0.15, 0.2) is 0 Å². The van der Waals surface area contributed by atoms with Gasteiger partial charge in [0, 0.05) is 37.9 Å². The molecule has 112 valence electrons. The Balaban J connectivity index is 2.13. The Morgan fingerprint density at radius 2 is 2.05 bits per heavy atom. The van der Waals surface area contributed by atoms with Crippen molar-refractivity contribution in [3.05, 3.63) is 24.0 Å². The van der Waals surface area contributed by atoms with Gasteiger partial charge < -0.3 is 15.4 Å². The van der Waals surface area contributed by atoms with Gasteiger partial charge in [0.2, 0.25) is 0 Å². The van der Waals surface area contributed by atoms with Gasteiger partial charge in [-0.25, -0.2) is 0 Å². The van der Waals surface area contributed by atoms with Crippen molar-refractivity contribution in [3.8, 4) is 5.75 Å². The summed E-state index contributed by atoms with van der Waals surface area (Å²) in [6.45, 7) is 7.14. The van der Waals surface area contributed by atoms with E-state index in [1.54, 1.807) is 6.20 Å². The van der Waals surface area contributed by atoms with E-state index < -0.39 is 0 Å². The number of aromatic nitrogens is 1. The normalized spacial score (nSPS) is 23.0. The van der Waals surface area contributed by atoms with Crippen LogP contribution in [-0.4, -0.2) is 60.7 Å². The molecule has 2 N–H and O–H groups in total. The van der Waals surface area contributed by atoms with Crippen molar-refractivity contribution in [1.29, 1.82) is 0 Å². The molecule has 0 aliphatic carbocycles. The average Bonchev–Trinajstić information content (AvgIpc) is 2.40. The highest BCUT2D eigenvalue weighted by Gasteiger charge is 2.28. The first-order valence-electron chi connectivity index (χ1n) is 7.23. The summed E-state index contributed by atoms with van der Waals surface area (Å²) in [6.07, 6.45) is 3.74. The number of piperazine rings is 1. The van der Waals surface area contributed by atoms with Crippen molar-refractivity contribution in [2.45, 2.75) is 32.0 Å². The quantitative estimate of drug-likeness (QED) is 0.894. The van der Waals surface area contributed by atoms with Crippen molar-refractivity contribution < 1.29 is 4.74 Å². The number of nitrogens with zero attached hydrogens (tertiary/aromatic N) is 3. The second-order valence-electron chi connectivity index (χ2n) is 5.96. The van der Waals surface area contributed by atoms with Gasteiger partial charge in [0.1, 0.15) is 5.75 Å². The fourth-order valence-electron chi connectivity index (χ4n) is 2.61. The highest BCUT2D eigenvalue weighted by molar-refractivity contribution is 5.27. The second-order valence-corrected chi connectivity index (χ2v) is 5.96. The van der Waals surface area contributed by atoms with E-state index in [9.17, 15) is 0 Å². The standard InChI is InChI=1S/C15H26N4O/c1-11(2)20-13-7-12(8-17-9-13)15(16)14-10-18(3)5-6-19(14)4/h7-9,11,14-15H,5-6,10,16H2,1-4H3. The van der Waals surface area contributed by atoms with Gasteiger partial charge in [-0.1, -0.05) is 0 Å². The van der Waals surface area contributed by atoms with Gasteiger partial charge in [-0.05, 0) is 39.6 Å². The lowest BCUT2D eigenvalue weighted by Crippen LogP contribution is -2.54. The average molecular weight is 278 g/mol. The number of pyridine rings is 1. The molecular weight excluding hydrogens is 252 g/mol. The lowest BCUT2D eigenvalue weighted by atomic mass is 9.98. The molecule has 0 bridgehead atoms. The molecule has 0 amide bonds. The van der Waals surface area contributed by atoms with Crippen molar-refractivity contribution in [3.63, 3.8) is 0 Å². The Kier molecular flexibility index (Phi) is 4.96. The zero-order valence-electron chi connectivity index (χ0n) is 12.9. The minimum absolute atomic E-state index is 0.0500. The van der Waals surface area contributed by atoms with Crippen LogP contribution in [0.4, 0.5) is 0 Å². The van der Waals surface area contributed by atoms with Gasteiger partial charge in [-0.2, -0.15) is 0 Å². The van der Waals surface area contributed by atoms with Crippen LogP contribution in [0.1, 0.15) is 25.5 Å². The van der Waals surface area contributed by atoms with E-state index >= 15 is 0 Å². The number of rotatable bonds is 4. The Hall–Kier alpha value is -1.17. The molecule has 2 rings (SSSR count). The predicted octanol–water partition coefficient (Wildman–Crippen LogP) is 1.11. The molecule has 1 aromatic heterocycles. The summed E-state index contributed by atoms with van der Waals surface area (Å²) in [5.41, 5.74) is 7.50. The molecule has 0 aromatic carbocycles. The van der Waals surface area contributed by atoms with Crippen LogP contribution in [0.15, 0.2) is 18.5 Å². The van der Waals surface area contributed by atoms with Gasteiger partial charge in [0.05, 0.1) is 12.3 Å². The summed E-state index contributed by atoms with van der Waals surface area (Å²) in [6, 6.07) is 2.27. The predicted molar refractivity (Wildman–Crippen MR) is 80.8 cm³/mol. The van der Waals surface area contributed by atoms with Crippen LogP contribution >= 0.6 is 0 Å². The molecule has 20 heavy (non-hydrogen) atoms. The van der Waals surface area contributed by atoms with Crippen LogP contribution in [0, 0.1) is 0 Å². The Morgan fingerprint density at radius 3 is 2.75 bits per heavy atom. The first kappa shape index (κ1) is 15.2. The maximum absolute atomic E-state index is 6.46. The fraction of sp³-hybridized carbons (Fsp3) is 0.667.